The van der Waals surface area contributed by atoms with Gasteiger partial charge in [-0.15, -0.1) is 0 Å². The molecule has 0 spiro atoms. The Labute approximate surface area is 130 Å². The SMILES string of the molecule is C[C@H](NC(=O)NC1CCN(CC(N)=O)CC1)c1ccncc1. The highest BCUT2D eigenvalue weighted by molar-refractivity contribution is 5.76. The van der Waals surface area contributed by atoms with Crippen LogP contribution in [0.15, 0.2) is 24.5 Å². The Hall–Kier alpha value is -2.15. The Balaban J connectivity index is 1.73. The van der Waals surface area contributed by atoms with Crippen LogP contribution in [0.1, 0.15) is 31.4 Å². The molecule has 0 aromatic carbocycles. The summed E-state index contributed by atoms with van der Waals surface area (Å²) < 4.78 is 0. The van der Waals surface area contributed by atoms with Gasteiger partial charge in [0.1, 0.15) is 0 Å². The predicted molar refractivity (Wildman–Crippen MR) is 83.0 cm³/mol. The molecule has 7 heteroatoms. The van der Waals surface area contributed by atoms with Crippen LogP contribution in [-0.2, 0) is 4.79 Å². The van der Waals surface area contributed by atoms with E-state index in [-0.39, 0.29) is 30.6 Å². The summed E-state index contributed by atoms with van der Waals surface area (Å²) in [5.74, 6) is -0.310. The van der Waals surface area contributed by atoms with Crippen LogP contribution in [0.5, 0.6) is 0 Å². The van der Waals surface area contributed by atoms with Crippen molar-refractivity contribution >= 4 is 11.9 Å². The van der Waals surface area contributed by atoms with E-state index in [9.17, 15) is 9.59 Å². The van der Waals surface area contributed by atoms with E-state index in [0.717, 1.165) is 31.5 Å². The number of urea groups is 1. The summed E-state index contributed by atoms with van der Waals surface area (Å²) in [7, 11) is 0. The van der Waals surface area contributed by atoms with Crippen LogP contribution in [0, 0.1) is 0 Å². The maximum Gasteiger partial charge on any atom is 0.315 e. The van der Waals surface area contributed by atoms with E-state index in [1.165, 1.54) is 0 Å². The normalized spacial score (nSPS) is 17.7. The number of likely N-dealkylation sites (tertiary alicyclic amines) is 1. The number of rotatable bonds is 5. The number of carbonyl (C=O) groups is 2. The lowest BCUT2D eigenvalue weighted by Gasteiger charge is -2.31. The molecule has 2 heterocycles. The van der Waals surface area contributed by atoms with Crippen LogP contribution in [0.2, 0.25) is 0 Å². The van der Waals surface area contributed by atoms with E-state index >= 15 is 0 Å². The lowest BCUT2D eigenvalue weighted by atomic mass is 10.1. The Morgan fingerprint density at radius 3 is 2.59 bits per heavy atom. The van der Waals surface area contributed by atoms with Crippen molar-refractivity contribution in [1.29, 1.82) is 0 Å². The minimum absolute atomic E-state index is 0.0713. The fraction of sp³-hybridized carbons (Fsp3) is 0.533. The molecule has 1 aliphatic rings. The van der Waals surface area contributed by atoms with Gasteiger partial charge < -0.3 is 16.4 Å². The number of pyridine rings is 1. The van der Waals surface area contributed by atoms with Crippen LogP contribution in [0.25, 0.3) is 0 Å². The van der Waals surface area contributed by atoms with Crippen molar-refractivity contribution < 1.29 is 9.59 Å². The van der Waals surface area contributed by atoms with Crippen LogP contribution in [-0.4, -0.2) is 47.5 Å². The van der Waals surface area contributed by atoms with Crippen LogP contribution in [0.4, 0.5) is 4.79 Å². The summed E-state index contributed by atoms with van der Waals surface area (Å²) in [4.78, 5) is 28.9. The summed E-state index contributed by atoms with van der Waals surface area (Å²) in [5, 5.41) is 5.91. The molecule has 0 unspecified atom stereocenters. The molecule has 4 N–H and O–H groups in total. The average Bonchev–Trinajstić information content (AvgIpc) is 2.49. The number of hydrogen-bond acceptors (Lipinski definition) is 4. The lowest BCUT2D eigenvalue weighted by molar-refractivity contribution is -0.119. The number of amides is 3. The van der Waals surface area contributed by atoms with Crippen molar-refractivity contribution in [2.24, 2.45) is 5.73 Å². The number of nitrogens with zero attached hydrogens (tertiary/aromatic N) is 2. The number of nitrogens with two attached hydrogens (primary N) is 1. The van der Waals surface area contributed by atoms with Gasteiger partial charge in [0.2, 0.25) is 5.91 Å². The molecule has 1 aromatic heterocycles. The molecule has 7 nitrogen and oxygen atoms in total. The fourth-order valence-corrected chi connectivity index (χ4v) is 2.61. The van der Waals surface area contributed by atoms with Crippen molar-refractivity contribution in [3.63, 3.8) is 0 Å². The fourth-order valence-electron chi connectivity index (χ4n) is 2.61. The zero-order chi connectivity index (χ0) is 15.9. The van der Waals surface area contributed by atoms with Crippen LogP contribution < -0.4 is 16.4 Å². The van der Waals surface area contributed by atoms with Crippen molar-refractivity contribution in [3.8, 4) is 0 Å². The minimum Gasteiger partial charge on any atom is -0.369 e. The number of primary amides is 1. The van der Waals surface area contributed by atoms with Gasteiger partial charge in [-0.1, -0.05) is 0 Å². The first-order valence-electron chi connectivity index (χ1n) is 7.52. The van der Waals surface area contributed by atoms with Gasteiger partial charge in [-0.25, -0.2) is 4.79 Å². The molecule has 22 heavy (non-hydrogen) atoms. The average molecular weight is 305 g/mol. The van der Waals surface area contributed by atoms with Gasteiger partial charge in [-0.3, -0.25) is 14.7 Å². The third-order valence-electron chi connectivity index (χ3n) is 3.86. The van der Waals surface area contributed by atoms with Crippen molar-refractivity contribution in [1.82, 2.24) is 20.5 Å². The smallest absolute Gasteiger partial charge is 0.315 e. The van der Waals surface area contributed by atoms with Crippen molar-refractivity contribution in [3.05, 3.63) is 30.1 Å². The van der Waals surface area contributed by atoms with E-state index in [2.05, 4.69) is 15.6 Å². The predicted octanol–water partition coefficient (Wildman–Crippen LogP) is 0.392. The number of aromatic nitrogens is 1. The minimum atomic E-state index is -0.310. The molecule has 1 atom stereocenters. The van der Waals surface area contributed by atoms with Gasteiger partial charge in [-0.2, -0.15) is 0 Å². The maximum absolute atomic E-state index is 12.0. The molecule has 3 amide bonds. The molecular formula is C15H23N5O2. The lowest BCUT2D eigenvalue weighted by Crippen LogP contribution is -2.49. The third-order valence-corrected chi connectivity index (χ3v) is 3.86. The maximum atomic E-state index is 12.0. The Morgan fingerprint density at radius 1 is 1.36 bits per heavy atom. The molecule has 1 aliphatic heterocycles. The summed E-state index contributed by atoms with van der Waals surface area (Å²) in [6, 6.07) is 3.66. The van der Waals surface area contributed by atoms with Crippen LogP contribution in [0.3, 0.4) is 0 Å². The van der Waals surface area contributed by atoms with Gasteiger partial charge in [0.25, 0.3) is 0 Å². The standard InChI is InChI=1S/C15H23N5O2/c1-11(12-2-6-17-7-3-12)18-15(22)19-13-4-8-20(9-5-13)10-14(16)21/h2-3,6-7,11,13H,4-5,8-10H2,1H3,(H2,16,21)(H2,18,19,22)/t11-/m0/s1. The number of hydrogen-bond donors (Lipinski definition) is 3. The van der Waals surface area contributed by atoms with Gasteiger partial charge in [0.15, 0.2) is 0 Å². The second-order valence-electron chi connectivity index (χ2n) is 5.64. The van der Waals surface area contributed by atoms with E-state index in [4.69, 9.17) is 5.73 Å². The molecule has 2 rings (SSSR count). The Kier molecular flexibility index (Phi) is 5.71. The van der Waals surface area contributed by atoms with Crippen molar-refractivity contribution in [2.45, 2.75) is 31.8 Å². The number of nitrogens with one attached hydrogen (secondary N) is 2. The Morgan fingerprint density at radius 2 is 2.00 bits per heavy atom. The number of piperidine rings is 1. The molecule has 1 aromatic rings. The topological polar surface area (TPSA) is 100 Å². The van der Waals surface area contributed by atoms with Gasteiger partial charge in [0.05, 0.1) is 12.6 Å². The highest BCUT2D eigenvalue weighted by atomic mass is 16.2. The van der Waals surface area contributed by atoms with Crippen LogP contribution >= 0.6 is 0 Å². The molecular weight excluding hydrogens is 282 g/mol. The van der Waals surface area contributed by atoms with Gasteiger partial charge >= 0.3 is 6.03 Å². The van der Waals surface area contributed by atoms with E-state index in [1.807, 2.05) is 24.0 Å². The van der Waals surface area contributed by atoms with Gasteiger partial charge in [-0.05, 0) is 37.5 Å². The molecule has 1 saturated heterocycles. The second kappa shape index (κ2) is 7.74. The van der Waals surface area contributed by atoms with Crippen molar-refractivity contribution in [2.75, 3.05) is 19.6 Å². The molecule has 0 radical (unpaired) electrons. The highest BCUT2D eigenvalue weighted by Crippen LogP contribution is 2.12. The van der Waals surface area contributed by atoms with Gasteiger partial charge in [0, 0.05) is 31.5 Å². The first-order valence-corrected chi connectivity index (χ1v) is 7.52. The van der Waals surface area contributed by atoms with E-state index in [1.54, 1.807) is 12.4 Å². The zero-order valence-corrected chi connectivity index (χ0v) is 12.8. The summed E-state index contributed by atoms with van der Waals surface area (Å²) in [6.45, 7) is 3.77. The summed E-state index contributed by atoms with van der Waals surface area (Å²) in [6.07, 6.45) is 5.06. The van der Waals surface area contributed by atoms with E-state index in [0.29, 0.717) is 0 Å². The summed E-state index contributed by atoms with van der Waals surface area (Å²) in [5.41, 5.74) is 6.20. The molecule has 120 valence electrons. The quantitative estimate of drug-likeness (QED) is 0.732. The monoisotopic (exact) mass is 305 g/mol. The molecule has 1 fully saturated rings. The first-order chi connectivity index (χ1) is 10.5. The highest BCUT2D eigenvalue weighted by Gasteiger charge is 2.21. The largest absolute Gasteiger partial charge is 0.369 e. The first kappa shape index (κ1) is 16.2. The second-order valence-corrected chi connectivity index (χ2v) is 5.64. The molecule has 0 saturated carbocycles. The zero-order valence-electron chi connectivity index (χ0n) is 12.8. The Bertz CT molecular complexity index is 500. The number of carbonyl (C=O) groups excluding carboxylic acids is 2. The van der Waals surface area contributed by atoms with E-state index < -0.39 is 0 Å². The molecule has 0 bridgehead atoms. The third kappa shape index (κ3) is 5.00. The summed E-state index contributed by atoms with van der Waals surface area (Å²) >= 11 is 0. The molecule has 0 aliphatic carbocycles.